The van der Waals surface area contributed by atoms with Crippen molar-refractivity contribution >= 4 is 46.9 Å². The Kier molecular flexibility index (Phi) is 10.8. The number of hydrogen-bond acceptors (Lipinski definition) is 4. The van der Waals surface area contributed by atoms with Gasteiger partial charge in [0.1, 0.15) is 10.9 Å². The number of carbonyl (C=O) groups is 3. The van der Waals surface area contributed by atoms with E-state index in [-0.39, 0.29) is 11.4 Å². The average molecular weight is 666 g/mol. The quantitative estimate of drug-likeness (QED) is 0.103. The molecule has 1 unspecified atom stereocenters. The van der Waals surface area contributed by atoms with Crippen LogP contribution in [0.15, 0.2) is 144 Å². The van der Waals surface area contributed by atoms with Crippen molar-refractivity contribution in [2.45, 2.75) is 23.2 Å². The maximum Gasteiger partial charge on any atom is 0.416 e. The number of alkyl halides is 3. The summed E-state index contributed by atoms with van der Waals surface area (Å²) in [5.41, 5.74) is 2.39. The van der Waals surface area contributed by atoms with Crippen molar-refractivity contribution in [2.75, 3.05) is 10.6 Å². The Morgan fingerprint density at radius 2 is 1.35 bits per heavy atom. The molecule has 10 heteroatoms. The first kappa shape index (κ1) is 33.7. The van der Waals surface area contributed by atoms with Crippen LogP contribution in [0.1, 0.15) is 37.9 Å². The molecule has 48 heavy (non-hydrogen) atoms. The van der Waals surface area contributed by atoms with Crippen molar-refractivity contribution in [1.29, 1.82) is 0 Å². The fourth-order valence-electron chi connectivity index (χ4n) is 4.68. The van der Waals surface area contributed by atoms with Crippen LogP contribution >= 0.6 is 11.8 Å². The summed E-state index contributed by atoms with van der Waals surface area (Å²) in [6.45, 7) is 1.90. The van der Waals surface area contributed by atoms with Crippen LogP contribution in [0.2, 0.25) is 0 Å². The number of rotatable bonds is 10. The summed E-state index contributed by atoms with van der Waals surface area (Å²) in [5, 5.41) is 7.37. The molecule has 0 aliphatic heterocycles. The van der Waals surface area contributed by atoms with Gasteiger partial charge in [0.25, 0.3) is 11.8 Å². The predicted octanol–water partition coefficient (Wildman–Crippen LogP) is 8.90. The molecular formula is C38H30F3N3O3S. The molecule has 0 saturated heterocycles. The molecule has 0 radical (unpaired) electrons. The molecule has 5 aromatic carbocycles. The molecule has 0 aliphatic carbocycles. The minimum atomic E-state index is -4.55. The summed E-state index contributed by atoms with van der Waals surface area (Å²) in [7, 11) is 0. The zero-order valence-electron chi connectivity index (χ0n) is 25.6. The maximum absolute atomic E-state index is 13.5. The first-order valence-electron chi connectivity index (χ1n) is 14.8. The zero-order valence-corrected chi connectivity index (χ0v) is 26.4. The second-order valence-corrected chi connectivity index (χ2v) is 11.9. The Hall–Kier alpha value is -5.61. The van der Waals surface area contributed by atoms with Gasteiger partial charge in [-0.1, -0.05) is 78.9 Å². The highest BCUT2D eigenvalue weighted by Gasteiger charge is 2.31. The number of amides is 3. The third-order valence-corrected chi connectivity index (χ3v) is 8.45. The molecule has 0 aromatic heterocycles. The van der Waals surface area contributed by atoms with Crippen LogP contribution in [-0.4, -0.2) is 17.7 Å². The third-order valence-electron chi connectivity index (χ3n) is 7.18. The number of aryl methyl sites for hydroxylation is 1. The summed E-state index contributed by atoms with van der Waals surface area (Å²) < 4.78 is 39.7. The highest BCUT2D eigenvalue weighted by molar-refractivity contribution is 8.00. The van der Waals surface area contributed by atoms with Gasteiger partial charge in [0.15, 0.2) is 0 Å². The van der Waals surface area contributed by atoms with E-state index < -0.39 is 34.7 Å². The van der Waals surface area contributed by atoms with E-state index in [4.69, 9.17) is 0 Å². The summed E-state index contributed by atoms with van der Waals surface area (Å²) in [6.07, 6.45) is -2.93. The summed E-state index contributed by atoms with van der Waals surface area (Å²) in [6, 6.07) is 36.2. The number of thioether (sulfide) groups is 1. The van der Waals surface area contributed by atoms with Gasteiger partial charge >= 0.3 is 6.18 Å². The highest BCUT2D eigenvalue weighted by Crippen LogP contribution is 2.37. The summed E-state index contributed by atoms with van der Waals surface area (Å²) in [5.74, 6) is -1.47. The minimum Gasteiger partial charge on any atom is -0.325 e. The van der Waals surface area contributed by atoms with Crippen LogP contribution in [0.3, 0.4) is 0 Å². The fourth-order valence-corrected chi connectivity index (χ4v) is 5.70. The number of anilines is 2. The van der Waals surface area contributed by atoms with Gasteiger partial charge in [0.2, 0.25) is 5.91 Å². The van der Waals surface area contributed by atoms with Gasteiger partial charge in [-0.25, -0.2) is 0 Å². The van der Waals surface area contributed by atoms with E-state index in [9.17, 15) is 27.6 Å². The molecule has 1 atom stereocenters. The Morgan fingerprint density at radius 1 is 0.708 bits per heavy atom. The minimum absolute atomic E-state index is 0.0309. The zero-order chi connectivity index (χ0) is 34.1. The van der Waals surface area contributed by atoms with Crippen molar-refractivity contribution in [3.63, 3.8) is 0 Å². The molecule has 0 aliphatic rings. The topological polar surface area (TPSA) is 87.3 Å². The smallest absolute Gasteiger partial charge is 0.325 e. The molecule has 242 valence electrons. The Bertz CT molecular complexity index is 1930. The molecular weight excluding hydrogens is 635 g/mol. The van der Waals surface area contributed by atoms with Gasteiger partial charge in [-0.2, -0.15) is 13.2 Å². The predicted molar refractivity (Wildman–Crippen MR) is 183 cm³/mol. The molecule has 5 rings (SSSR count). The molecule has 0 spiro atoms. The summed E-state index contributed by atoms with van der Waals surface area (Å²) >= 11 is 1.21. The van der Waals surface area contributed by atoms with E-state index >= 15 is 0 Å². The molecule has 5 aromatic rings. The lowest BCUT2D eigenvalue weighted by Crippen LogP contribution is -2.30. The number of nitrogens with one attached hydrogen (secondary N) is 3. The van der Waals surface area contributed by atoms with E-state index in [0.717, 1.165) is 23.3 Å². The van der Waals surface area contributed by atoms with Crippen molar-refractivity contribution < 1.29 is 27.6 Å². The van der Waals surface area contributed by atoms with E-state index in [1.165, 1.54) is 23.9 Å². The van der Waals surface area contributed by atoms with Crippen molar-refractivity contribution in [3.8, 4) is 0 Å². The molecule has 6 nitrogen and oxygen atoms in total. The van der Waals surface area contributed by atoms with Gasteiger partial charge < -0.3 is 16.0 Å². The maximum atomic E-state index is 13.5. The van der Waals surface area contributed by atoms with Crippen molar-refractivity contribution in [2.24, 2.45) is 0 Å². The van der Waals surface area contributed by atoms with Crippen molar-refractivity contribution in [1.82, 2.24) is 5.32 Å². The molecule has 0 heterocycles. The second-order valence-electron chi connectivity index (χ2n) is 10.7. The molecule has 0 saturated carbocycles. The Morgan fingerprint density at radius 3 is 2.02 bits per heavy atom. The fraction of sp³-hybridized carbons (Fsp3) is 0.0789. The van der Waals surface area contributed by atoms with Gasteiger partial charge in [-0.15, -0.1) is 11.8 Å². The number of halogens is 3. The van der Waals surface area contributed by atoms with E-state index in [1.807, 2.05) is 31.2 Å². The largest absolute Gasteiger partial charge is 0.416 e. The molecule has 3 N–H and O–H groups in total. The lowest BCUT2D eigenvalue weighted by Gasteiger charge is -2.18. The van der Waals surface area contributed by atoms with Gasteiger partial charge in [-0.3, -0.25) is 14.4 Å². The van der Waals surface area contributed by atoms with Crippen LogP contribution in [0.4, 0.5) is 24.5 Å². The highest BCUT2D eigenvalue weighted by atomic mass is 32.2. The van der Waals surface area contributed by atoms with Crippen LogP contribution < -0.4 is 16.0 Å². The Balaban J connectivity index is 1.33. The SMILES string of the molecule is Cc1ccccc1/C=C(\NC(=O)c1ccccc1)C(=O)Nc1ccc(SC(C(=O)Nc2cccc(C(F)(F)F)c2)c2ccccc2)cc1. The van der Waals surface area contributed by atoms with E-state index in [1.54, 1.807) is 91.0 Å². The van der Waals surface area contributed by atoms with Crippen LogP contribution in [0.5, 0.6) is 0 Å². The number of hydrogen-bond donors (Lipinski definition) is 3. The third kappa shape index (κ3) is 9.01. The van der Waals surface area contributed by atoms with Crippen LogP contribution in [0.25, 0.3) is 6.08 Å². The van der Waals surface area contributed by atoms with Crippen LogP contribution in [0, 0.1) is 6.92 Å². The monoisotopic (exact) mass is 665 g/mol. The van der Waals surface area contributed by atoms with Gasteiger partial charge in [0.05, 0.1) is 5.56 Å². The van der Waals surface area contributed by atoms with Crippen LogP contribution in [-0.2, 0) is 15.8 Å². The molecule has 0 fully saturated rings. The second kappa shape index (κ2) is 15.3. The standard InChI is InChI=1S/C38H30F3N3O3S/c1-25-11-8-9-16-28(25)23-33(44-35(45)27-14-6-3-7-15-27)36(46)42-30-19-21-32(22-20-30)48-34(26-12-4-2-5-13-26)37(47)43-31-18-10-17-29(24-31)38(39,40)41/h2-24,34H,1H3,(H,42,46)(H,43,47)(H,44,45)/b33-23-. The van der Waals surface area contributed by atoms with E-state index in [2.05, 4.69) is 16.0 Å². The first-order chi connectivity index (χ1) is 23.1. The normalized spacial score (nSPS) is 12.1. The molecule has 3 amide bonds. The lowest BCUT2D eigenvalue weighted by atomic mass is 10.1. The average Bonchev–Trinajstić information content (AvgIpc) is 3.09. The van der Waals surface area contributed by atoms with Gasteiger partial charge in [-0.05, 0) is 84.3 Å². The molecule has 0 bridgehead atoms. The van der Waals surface area contributed by atoms with Crippen molar-refractivity contribution in [3.05, 3.63) is 167 Å². The van der Waals surface area contributed by atoms with Gasteiger partial charge in [0, 0.05) is 21.8 Å². The van der Waals surface area contributed by atoms with E-state index in [0.29, 0.717) is 21.7 Å². The lowest BCUT2D eigenvalue weighted by molar-refractivity contribution is -0.137. The number of benzene rings is 5. The Labute approximate surface area is 280 Å². The number of carbonyl (C=O) groups excluding carboxylic acids is 3. The first-order valence-corrected chi connectivity index (χ1v) is 15.7. The summed E-state index contributed by atoms with van der Waals surface area (Å²) in [4.78, 5) is 40.5.